The maximum Gasteiger partial charge on any atom is 0.118 e. The standard InChI is InChI=1S/C19H20O3/c1-20-17-9-7-16(8-10-17)19-12-11-18(13-22-19,21-14-19)15-5-3-2-4-6-15/h2-10H,11-14H2,1H3. The minimum absolute atomic E-state index is 0.268. The van der Waals surface area contributed by atoms with Crippen molar-refractivity contribution < 1.29 is 14.2 Å². The molecule has 2 bridgehead atoms. The van der Waals surface area contributed by atoms with Crippen LogP contribution >= 0.6 is 0 Å². The van der Waals surface area contributed by atoms with Crippen LogP contribution in [0.25, 0.3) is 0 Å². The Balaban J connectivity index is 1.60. The van der Waals surface area contributed by atoms with Gasteiger partial charge in [0.2, 0.25) is 0 Å². The Bertz CT molecular complexity index is 624. The van der Waals surface area contributed by atoms with Crippen LogP contribution in [-0.2, 0) is 20.7 Å². The van der Waals surface area contributed by atoms with Crippen molar-refractivity contribution >= 4 is 0 Å². The predicted molar refractivity (Wildman–Crippen MR) is 83.9 cm³/mol. The van der Waals surface area contributed by atoms with E-state index in [4.69, 9.17) is 14.2 Å². The Hall–Kier alpha value is -1.84. The van der Waals surface area contributed by atoms with Crippen LogP contribution in [0.15, 0.2) is 54.6 Å². The molecule has 22 heavy (non-hydrogen) atoms. The van der Waals surface area contributed by atoms with Gasteiger partial charge in [0.25, 0.3) is 0 Å². The van der Waals surface area contributed by atoms with E-state index < -0.39 is 0 Å². The summed E-state index contributed by atoms with van der Waals surface area (Å²) in [5, 5.41) is 0. The summed E-state index contributed by atoms with van der Waals surface area (Å²) in [5.74, 6) is 0.867. The molecule has 3 heterocycles. The highest BCUT2D eigenvalue weighted by molar-refractivity contribution is 5.33. The highest BCUT2D eigenvalue weighted by Crippen LogP contribution is 2.50. The molecule has 3 fully saturated rings. The average Bonchev–Trinajstić information content (AvgIpc) is 2.64. The van der Waals surface area contributed by atoms with Crippen molar-refractivity contribution in [2.75, 3.05) is 20.3 Å². The third-order valence-corrected chi connectivity index (χ3v) is 5.01. The van der Waals surface area contributed by atoms with Gasteiger partial charge in [-0.15, -0.1) is 0 Å². The highest BCUT2D eigenvalue weighted by atomic mass is 16.6. The van der Waals surface area contributed by atoms with Gasteiger partial charge in [0.05, 0.1) is 20.3 Å². The molecule has 0 spiro atoms. The molecular formula is C19H20O3. The molecule has 3 saturated heterocycles. The molecule has 0 saturated carbocycles. The molecular weight excluding hydrogens is 276 g/mol. The van der Waals surface area contributed by atoms with Gasteiger partial charge in [0.1, 0.15) is 17.0 Å². The number of hydrogen-bond acceptors (Lipinski definition) is 3. The summed E-state index contributed by atoms with van der Waals surface area (Å²) in [6.45, 7) is 1.22. The van der Waals surface area contributed by atoms with Gasteiger partial charge in [-0.25, -0.2) is 0 Å². The molecule has 5 rings (SSSR count). The summed E-state index contributed by atoms with van der Waals surface area (Å²) < 4.78 is 17.9. The van der Waals surface area contributed by atoms with Gasteiger partial charge in [0, 0.05) is 0 Å². The van der Waals surface area contributed by atoms with Crippen LogP contribution < -0.4 is 4.74 Å². The molecule has 3 nitrogen and oxygen atoms in total. The summed E-state index contributed by atoms with van der Waals surface area (Å²) in [5.41, 5.74) is 1.82. The first-order valence-electron chi connectivity index (χ1n) is 7.74. The fraction of sp³-hybridized carbons (Fsp3) is 0.368. The van der Waals surface area contributed by atoms with E-state index in [0.29, 0.717) is 13.2 Å². The van der Waals surface area contributed by atoms with Gasteiger partial charge in [-0.1, -0.05) is 42.5 Å². The summed E-state index contributed by atoms with van der Waals surface area (Å²) in [6.07, 6.45) is 1.97. The van der Waals surface area contributed by atoms with Gasteiger partial charge >= 0.3 is 0 Å². The van der Waals surface area contributed by atoms with E-state index in [2.05, 4.69) is 36.4 Å². The minimum Gasteiger partial charge on any atom is -0.497 e. The zero-order valence-corrected chi connectivity index (χ0v) is 12.7. The number of fused-ring (bicyclic) bond motifs is 3. The Kier molecular flexibility index (Phi) is 3.21. The normalized spacial score (nSPS) is 30.2. The summed E-state index contributed by atoms with van der Waals surface area (Å²) in [4.78, 5) is 0. The molecule has 0 aromatic heterocycles. The molecule has 0 radical (unpaired) electrons. The molecule has 2 unspecified atom stereocenters. The maximum absolute atomic E-state index is 6.32. The molecule has 3 aliphatic heterocycles. The van der Waals surface area contributed by atoms with E-state index in [-0.39, 0.29) is 11.2 Å². The maximum atomic E-state index is 6.32. The Morgan fingerprint density at radius 1 is 0.773 bits per heavy atom. The predicted octanol–water partition coefficient (Wildman–Crippen LogP) is 3.63. The quantitative estimate of drug-likeness (QED) is 0.865. The Labute approximate surface area is 130 Å². The van der Waals surface area contributed by atoms with Crippen LogP contribution in [0, 0.1) is 0 Å². The first-order valence-corrected chi connectivity index (χ1v) is 7.74. The second-order valence-corrected chi connectivity index (χ2v) is 6.16. The van der Waals surface area contributed by atoms with Crippen LogP contribution in [0.3, 0.4) is 0 Å². The lowest BCUT2D eigenvalue weighted by Gasteiger charge is -2.53. The van der Waals surface area contributed by atoms with Crippen LogP contribution in [0.1, 0.15) is 24.0 Å². The molecule has 2 aromatic carbocycles. The molecule has 3 aliphatic rings. The number of methoxy groups -OCH3 is 1. The second kappa shape index (κ2) is 5.11. The molecule has 2 atom stereocenters. The van der Waals surface area contributed by atoms with Crippen molar-refractivity contribution in [1.29, 1.82) is 0 Å². The lowest BCUT2D eigenvalue weighted by Crippen LogP contribution is -2.56. The largest absolute Gasteiger partial charge is 0.497 e. The summed E-state index contributed by atoms with van der Waals surface area (Å²) in [7, 11) is 1.68. The van der Waals surface area contributed by atoms with Crippen LogP contribution in [0.4, 0.5) is 0 Å². The fourth-order valence-corrected chi connectivity index (χ4v) is 3.54. The Morgan fingerprint density at radius 2 is 1.32 bits per heavy atom. The van der Waals surface area contributed by atoms with Gasteiger partial charge in [-0.05, 0) is 36.1 Å². The lowest BCUT2D eigenvalue weighted by atomic mass is 9.76. The van der Waals surface area contributed by atoms with E-state index in [1.165, 1.54) is 11.1 Å². The van der Waals surface area contributed by atoms with E-state index >= 15 is 0 Å². The van der Waals surface area contributed by atoms with Gasteiger partial charge in [-0.3, -0.25) is 0 Å². The molecule has 0 aliphatic carbocycles. The highest BCUT2D eigenvalue weighted by Gasteiger charge is 2.52. The minimum atomic E-state index is -0.303. The molecule has 0 amide bonds. The number of ether oxygens (including phenoxy) is 3. The van der Waals surface area contributed by atoms with Crippen molar-refractivity contribution in [3.63, 3.8) is 0 Å². The molecule has 0 N–H and O–H groups in total. The zero-order chi connectivity index (χ0) is 15.0. The molecule has 114 valence electrons. The zero-order valence-electron chi connectivity index (χ0n) is 12.7. The van der Waals surface area contributed by atoms with Crippen molar-refractivity contribution in [2.24, 2.45) is 0 Å². The molecule has 3 heteroatoms. The van der Waals surface area contributed by atoms with E-state index in [9.17, 15) is 0 Å². The molecule has 2 aromatic rings. The van der Waals surface area contributed by atoms with Crippen LogP contribution in [0.2, 0.25) is 0 Å². The van der Waals surface area contributed by atoms with Crippen molar-refractivity contribution in [3.8, 4) is 5.75 Å². The first-order chi connectivity index (χ1) is 10.8. The van der Waals surface area contributed by atoms with Crippen LogP contribution in [0.5, 0.6) is 5.75 Å². The average molecular weight is 296 g/mol. The van der Waals surface area contributed by atoms with Crippen molar-refractivity contribution in [2.45, 2.75) is 24.0 Å². The number of rotatable bonds is 3. The number of hydrogen-bond donors (Lipinski definition) is 0. The van der Waals surface area contributed by atoms with E-state index in [1.807, 2.05) is 18.2 Å². The second-order valence-electron chi connectivity index (χ2n) is 6.16. The number of benzene rings is 2. The summed E-state index contributed by atoms with van der Waals surface area (Å²) >= 11 is 0. The third-order valence-electron chi connectivity index (χ3n) is 5.01. The smallest absolute Gasteiger partial charge is 0.118 e. The van der Waals surface area contributed by atoms with Crippen LogP contribution in [-0.4, -0.2) is 20.3 Å². The topological polar surface area (TPSA) is 27.7 Å². The van der Waals surface area contributed by atoms with Gasteiger partial charge < -0.3 is 14.2 Å². The fourth-order valence-electron chi connectivity index (χ4n) is 3.54. The lowest BCUT2D eigenvalue weighted by molar-refractivity contribution is -0.289. The Morgan fingerprint density at radius 3 is 1.77 bits per heavy atom. The van der Waals surface area contributed by atoms with E-state index in [1.54, 1.807) is 7.11 Å². The van der Waals surface area contributed by atoms with Gasteiger partial charge in [-0.2, -0.15) is 0 Å². The monoisotopic (exact) mass is 296 g/mol. The first kappa shape index (κ1) is 13.8. The third kappa shape index (κ3) is 2.04. The van der Waals surface area contributed by atoms with Crippen molar-refractivity contribution in [1.82, 2.24) is 0 Å². The van der Waals surface area contributed by atoms with Crippen molar-refractivity contribution in [3.05, 3.63) is 65.7 Å². The summed E-state index contributed by atoms with van der Waals surface area (Å²) in [6, 6.07) is 18.6. The van der Waals surface area contributed by atoms with E-state index in [0.717, 1.165) is 18.6 Å². The SMILES string of the molecule is COc1ccc(C23CCC(c4ccccc4)(CO2)OC3)cc1. The van der Waals surface area contributed by atoms with Gasteiger partial charge in [0.15, 0.2) is 0 Å².